The molecular formula is C11H10Cl3NO4S. The maximum absolute atomic E-state index is 11.3. The topological polar surface area (TPSA) is 72.5 Å². The highest BCUT2D eigenvalue weighted by atomic mass is 35.7. The third-order valence-corrected chi connectivity index (χ3v) is 4.86. The van der Waals surface area contributed by atoms with Gasteiger partial charge in [0, 0.05) is 23.2 Å². The van der Waals surface area contributed by atoms with E-state index in [1.807, 2.05) is 0 Å². The zero-order valence-corrected chi connectivity index (χ0v) is 13.1. The van der Waals surface area contributed by atoms with E-state index < -0.39 is 9.05 Å². The van der Waals surface area contributed by atoms with E-state index in [1.165, 1.54) is 6.07 Å². The number of carbonyl (C=O) groups is 1. The molecule has 1 aliphatic heterocycles. The van der Waals surface area contributed by atoms with Crippen LogP contribution in [0.4, 0.5) is 0 Å². The molecule has 1 aliphatic rings. The Labute approximate surface area is 130 Å². The lowest BCUT2D eigenvalue weighted by molar-refractivity contribution is -0.119. The molecule has 0 spiro atoms. The summed E-state index contributed by atoms with van der Waals surface area (Å²) in [6.07, 6.45) is 1.14. The Morgan fingerprint density at radius 2 is 2.00 bits per heavy atom. The van der Waals surface area contributed by atoms with Crippen molar-refractivity contribution >= 4 is 48.8 Å². The van der Waals surface area contributed by atoms with Gasteiger partial charge in [-0.1, -0.05) is 23.2 Å². The zero-order valence-electron chi connectivity index (χ0n) is 10.0. The van der Waals surface area contributed by atoms with E-state index in [0.29, 0.717) is 12.8 Å². The van der Waals surface area contributed by atoms with Crippen molar-refractivity contribution in [2.45, 2.75) is 23.8 Å². The first-order valence-electron chi connectivity index (χ1n) is 5.63. The molecule has 110 valence electrons. The number of ether oxygens (including phenoxy) is 1. The summed E-state index contributed by atoms with van der Waals surface area (Å²) >= 11 is 11.8. The minimum absolute atomic E-state index is 0.0219. The predicted octanol–water partition coefficient (Wildman–Crippen LogP) is 2.58. The molecule has 0 aliphatic carbocycles. The smallest absolute Gasteiger partial charge is 0.262 e. The first kappa shape index (κ1) is 15.7. The van der Waals surface area contributed by atoms with E-state index in [4.69, 9.17) is 38.6 Å². The van der Waals surface area contributed by atoms with E-state index >= 15 is 0 Å². The minimum atomic E-state index is -3.97. The molecule has 1 atom stereocenters. The molecule has 0 radical (unpaired) electrons. The lowest BCUT2D eigenvalue weighted by Gasteiger charge is -2.14. The van der Waals surface area contributed by atoms with Crippen molar-refractivity contribution in [3.8, 4) is 5.75 Å². The zero-order chi connectivity index (χ0) is 14.9. The van der Waals surface area contributed by atoms with Crippen molar-refractivity contribution in [2.24, 2.45) is 0 Å². The van der Waals surface area contributed by atoms with E-state index in [9.17, 15) is 13.2 Å². The van der Waals surface area contributed by atoms with Crippen molar-refractivity contribution in [3.05, 3.63) is 22.2 Å². The molecule has 1 unspecified atom stereocenters. The Morgan fingerprint density at radius 3 is 2.55 bits per heavy atom. The number of amides is 1. The summed E-state index contributed by atoms with van der Waals surface area (Å²) in [4.78, 5) is 10.8. The Bertz CT molecular complexity index is 647. The third kappa shape index (κ3) is 3.69. The van der Waals surface area contributed by atoms with Gasteiger partial charge in [-0.15, -0.1) is 0 Å². The van der Waals surface area contributed by atoms with Crippen LogP contribution in [0.15, 0.2) is 17.0 Å². The monoisotopic (exact) mass is 357 g/mol. The van der Waals surface area contributed by atoms with Crippen molar-refractivity contribution in [3.63, 3.8) is 0 Å². The van der Waals surface area contributed by atoms with Crippen LogP contribution in [0.1, 0.15) is 12.8 Å². The van der Waals surface area contributed by atoms with Crippen LogP contribution in [-0.2, 0) is 13.8 Å². The summed E-state index contributed by atoms with van der Waals surface area (Å²) < 4.78 is 28.0. The van der Waals surface area contributed by atoms with Gasteiger partial charge in [0.1, 0.15) is 17.3 Å². The summed E-state index contributed by atoms with van der Waals surface area (Å²) in [5, 5.41) is 2.74. The van der Waals surface area contributed by atoms with Crippen molar-refractivity contribution in [2.75, 3.05) is 6.61 Å². The molecule has 5 nitrogen and oxygen atoms in total. The molecule has 0 saturated carbocycles. The summed E-state index contributed by atoms with van der Waals surface area (Å²) in [7, 11) is 1.26. The summed E-state index contributed by atoms with van der Waals surface area (Å²) in [5.41, 5.74) is 0. The minimum Gasteiger partial charge on any atom is -0.490 e. The van der Waals surface area contributed by atoms with Gasteiger partial charge in [-0.05, 0) is 12.5 Å². The van der Waals surface area contributed by atoms with E-state index in [2.05, 4.69) is 5.32 Å². The molecule has 0 bridgehead atoms. The van der Waals surface area contributed by atoms with Crippen LogP contribution in [0.25, 0.3) is 0 Å². The average Bonchev–Trinajstić information content (AvgIpc) is 2.74. The van der Waals surface area contributed by atoms with Gasteiger partial charge in [-0.2, -0.15) is 0 Å². The molecule has 1 N–H and O–H groups in total. The Hall–Kier alpha value is -0.690. The fourth-order valence-electron chi connectivity index (χ4n) is 1.80. The Kier molecular flexibility index (Phi) is 4.69. The van der Waals surface area contributed by atoms with Crippen molar-refractivity contribution in [1.82, 2.24) is 5.32 Å². The number of carbonyl (C=O) groups excluding carboxylic acids is 1. The maximum Gasteiger partial charge on any atom is 0.262 e. The van der Waals surface area contributed by atoms with Gasteiger partial charge in [0.2, 0.25) is 5.91 Å². The molecule has 20 heavy (non-hydrogen) atoms. The predicted molar refractivity (Wildman–Crippen MR) is 76.2 cm³/mol. The van der Waals surface area contributed by atoms with Gasteiger partial charge in [-0.25, -0.2) is 8.42 Å². The van der Waals surface area contributed by atoms with E-state index in [0.717, 1.165) is 6.07 Å². The van der Waals surface area contributed by atoms with Crippen LogP contribution in [0.5, 0.6) is 5.75 Å². The molecular weight excluding hydrogens is 349 g/mol. The average molecular weight is 359 g/mol. The maximum atomic E-state index is 11.3. The SMILES string of the molecule is O=C1CCC(COc2cc(Cl)c(S(=O)(=O)Cl)cc2Cl)N1. The van der Waals surface area contributed by atoms with Crippen molar-refractivity contribution < 1.29 is 17.9 Å². The Morgan fingerprint density at radius 1 is 1.30 bits per heavy atom. The first-order valence-corrected chi connectivity index (χ1v) is 8.70. The second-order valence-electron chi connectivity index (χ2n) is 4.27. The number of halogens is 3. The van der Waals surface area contributed by atoms with Crippen molar-refractivity contribution in [1.29, 1.82) is 0 Å². The lowest BCUT2D eigenvalue weighted by atomic mass is 10.2. The molecule has 0 aromatic heterocycles. The van der Waals surface area contributed by atoms with Gasteiger partial charge in [0.15, 0.2) is 0 Å². The molecule has 1 aromatic carbocycles. The fourth-order valence-corrected chi connectivity index (χ4v) is 3.59. The Balaban J connectivity index is 2.13. The third-order valence-electron chi connectivity index (χ3n) is 2.77. The molecule has 1 saturated heterocycles. The van der Waals surface area contributed by atoms with Gasteiger partial charge in [0.05, 0.1) is 16.1 Å². The van der Waals surface area contributed by atoms with Gasteiger partial charge < -0.3 is 10.1 Å². The molecule has 1 aromatic rings. The van der Waals surface area contributed by atoms with Crippen LogP contribution < -0.4 is 10.1 Å². The van der Waals surface area contributed by atoms with Crippen LogP contribution in [-0.4, -0.2) is 27.0 Å². The molecule has 1 fully saturated rings. The number of hydrogen-bond acceptors (Lipinski definition) is 4. The van der Waals surface area contributed by atoms with Gasteiger partial charge >= 0.3 is 0 Å². The normalized spacial score (nSPS) is 18.9. The number of nitrogens with one attached hydrogen (secondary N) is 1. The second kappa shape index (κ2) is 5.97. The van der Waals surface area contributed by atoms with Crippen LogP contribution in [0, 0.1) is 0 Å². The van der Waals surface area contributed by atoms with Crippen LogP contribution in [0.3, 0.4) is 0 Å². The highest BCUT2D eigenvalue weighted by Gasteiger charge is 2.22. The molecule has 9 heteroatoms. The van der Waals surface area contributed by atoms with E-state index in [1.54, 1.807) is 0 Å². The van der Waals surface area contributed by atoms with Crippen LogP contribution >= 0.6 is 33.9 Å². The van der Waals surface area contributed by atoms with E-state index in [-0.39, 0.29) is 39.2 Å². The highest BCUT2D eigenvalue weighted by molar-refractivity contribution is 8.13. The fraction of sp³-hybridized carbons (Fsp3) is 0.364. The lowest BCUT2D eigenvalue weighted by Crippen LogP contribution is -2.30. The number of benzene rings is 1. The quantitative estimate of drug-likeness (QED) is 0.840. The molecule has 2 rings (SSSR count). The summed E-state index contributed by atoms with van der Waals surface area (Å²) in [5.74, 6) is 0.216. The second-order valence-corrected chi connectivity index (χ2v) is 7.61. The summed E-state index contributed by atoms with van der Waals surface area (Å²) in [6.45, 7) is 0.231. The van der Waals surface area contributed by atoms with Crippen LogP contribution in [0.2, 0.25) is 10.0 Å². The number of hydrogen-bond donors (Lipinski definition) is 1. The largest absolute Gasteiger partial charge is 0.490 e. The molecule has 1 heterocycles. The highest BCUT2D eigenvalue weighted by Crippen LogP contribution is 2.35. The van der Waals surface area contributed by atoms with Gasteiger partial charge in [-0.3, -0.25) is 4.79 Å². The standard InChI is InChI=1S/C11H10Cl3NO4S/c12-7-4-10(20(14,17)18)8(13)3-9(7)19-5-6-1-2-11(16)15-6/h3-4,6H,1-2,5H2,(H,15,16). The number of rotatable bonds is 4. The molecule has 1 amide bonds. The van der Waals surface area contributed by atoms with Gasteiger partial charge in [0.25, 0.3) is 9.05 Å². The summed E-state index contributed by atoms with van der Waals surface area (Å²) in [6, 6.07) is 2.33. The first-order chi connectivity index (χ1) is 9.27.